The summed E-state index contributed by atoms with van der Waals surface area (Å²) in [7, 11) is 0. The van der Waals surface area contributed by atoms with Gasteiger partial charge in [0.1, 0.15) is 0 Å². The summed E-state index contributed by atoms with van der Waals surface area (Å²) in [5, 5.41) is 0. The van der Waals surface area contributed by atoms with Crippen LogP contribution in [0.5, 0.6) is 0 Å². The predicted molar refractivity (Wildman–Crippen MR) is 69.9 cm³/mol. The monoisotopic (exact) mass is 242 g/mol. The van der Waals surface area contributed by atoms with Crippen LogP contribution in [0.3, 0.4) is 0 Å². The molecule has 4 heteroatoms. The molecule has 2 rings (SSSR count). The first kappa shape index (κ1) is 13.4. The Morgan fingerprint density at radius 3 is 1.00 bits per heavy atom. The van der Waals surface area contributed by atoms with Crippen LogP contribution in [0, 0.1) is 0 Å². The molecular formula is C14H14N2O2. The largest absolute Gasteiger partial charge is 0.366 e. The van der Waals surface area contributed by atoms with E-state index in [0.29, 0.717) is 11.1 Å². The fourth-order valence-corrected chi connectivity index (χ4v) is 1.18. The van der Waals surface area contributed by atoms with Crippen molar-refractivity contribution in [1.82, 2.24) is 0 Å². The van der Waals surface area contributed by atoms with E-state index in [1.807, 2.05) is 36.4 Å². The first-order chi connectivity index (χ1) is 8.61. The predicted octanol–water partition coefficient (Wildman–Crippen LogP) is 1.57. The minimum atomic E-state index is -0.522. The van der Waals surface area contributed by atoms with Crippen molar-refractivity contribution in [3.63, 3.8) is 0 Å². The molecule has 2 aromatic carbocycles. The van der Waals surface area contributed by atoms with Crippen molar-refractivity contribution < 1.29 is 9.59 Å². The van der Waals surface area contributed by atoms with Crippen LogP contribution in [-0.2, 0) is 0 Å². The van der Waals surface area contributed by atoms with Crippen molar-refractivity contribution in [3.05, 3.63) is 71.8 Å². The lowest BCUT2D eigenvalue weighted by Crippen LogP contribution is -2.13. The Labute approximate surface area is 105 Å². The van der Waals surface area contributed by atoms with E-state index < -0.39 is 11.8 Å². The Kier molecular flexibility index (Phi) is 5.12. The first-order valence-corrected chi connectivity index (χ1v) is 5.31. The highest BCUT2D eigenvalue weighted by molar-refractivity contribution is 5.96. The van der Waals surface area contributed by atoms with E-state index in [0.717, 1.165) is 0 Å². The number of rotatable bonds is 2. The Balaban J connectivity index is 0.000000225. The number of hydrogen-bond donors (Lipinski definition) is 2. The summed E-state index contributed by atoms with van der Waals surface area (Å²) in [6, 6.07) is 17.8. The lowest BCUT2D eigenvalue weighted by atomic mass is 10.1. The van der Waals surface area contributed by atoms with Crippen molar-refractivity contribution >= 4 is 11.8 Å². The Bertz CT molecular complexity index is 447. The van der Waals surface area contributed by atoms with Gasteiger partial charge in [0.25, 0.3) is 0 Å². The highest BCUT2D eigenvalue weighted by Crippen LogP contribution is 2.02. The molecular weight excluding hydrogens is 228 g/mol. The zero-order valence-corrected chi connectivity index (χ0v) is 9.74. The van der Waals surface area contributed by atoms with Crippen molar-refractivity contribution in [2.75, 3.05) is 0 Å². The molecule has 0 spiro atoms. The molecule has 0 aliphatic heterocycles. The number of carbonyl (C=O) groups is 2. The Morgan fingerprint density at radius 2 is 0.833 bits per heavy atom. The van der Waals surface area contributed by atoms with Crippen molar-refractivity contribution in [2.24, 2.45) is 11.5 Å². The second kappa shape index (κ2) is 6.85. The van der Waals surface area contributed by atoms with Gasteiger partial charge in [0.15, 0.2) is 0 Å². The van der Waals surface area contributed by atoms with Crippen molar-refractivity contribution in [2.45, 2.75) is 0 Å². The minimum absolute atomic E-state index is 0.361. The molecule has 0 unspecified atom stereocenters. The number of primary amides is 2. The van der Waals surface area contributed by atoms with Gasteiger partial charge in [0.2, 0.25) is 11.8 Å². The van der Waals surface area contributed by atoms with Gasteiger partial charge in [-0.25, -0.2) is 0 Å². The van der Waals surface area contributed by atoms with Gasteiger partial charge in [-0.15, -0.1) is 0 Å². The molecule has 0 aromatic heterocycles. The van der Waals surface area contributed by atoms with Crippen LogP contribution in [0.1, 0.15) is 20.7 Å². The zero-order valence-electron chi connectivity index (χ0n) is 9.74. The van der Waals surface area contributed by atoms with Crippen LogP contribution in [0.25, 0.3) is 0 Å². The maximum absolute atomic E-state index is 10.6. The highest BCUT2D eigenvalue weighted by atomic mass is 16.1. The second-order valence-electron chi connectivity index (χ2n) is 3.46. The molecule has 2 aromatic rings. The van der Waals surface area contributed by atoms with E-state index in [2.05, 4.69) is 0 Å². The second-order valence-corrected chi connectivity index (χ2v) is 3.46. The highest BCUT2D eigenvalue weighted by Gasteiger charge is 2.02. The molecule has 0 aliphatic carbocycles. The van der Waals surface area contributed by atoms with Gasteiger partial charge in [-0.05, 0) is 24.3 Å². The van der Waals surface area contributed by atoms with Crippen LogP contribution in [0.15, 0.2) is 60.7 Å². The van der Waals surface area contributed by atoms with Crippen LogP contribution < -0.4 is 11.5 Å². The number of nitrogens with two attached hydrogens (primary N) is 2. The van der Waals surface area contributed by atoms with E-state index in [1.54, 1.807) is 0 Å². The third-order valence-electron chi connectivity index (χ3n) is 2.12. The number of carbonyl (C=O) groups excluding carboxylic acids is 2. The summed E-state index contributed by atoms with van der Waals surface area (Å²) < 4.78 is 0. The van der Waals surface area contributed by atoms with E-state index in [-0.39, 0.29) is 0 Å². The fourth-order valence-electron chi connectivity index (χ4n) is 1.18. The molecule has 0 radical (unpaired) electrons. The number of amides is 2. The zero-order chi connectivity index (χ0) is 13.4. The molecule has 0 aliphatic rings. The van der Waals surface area contributed by atoms with Gasteiger partial charge in [-0.3, -0.25) is 9.59 Å². The number of benzene rings is 2. The maximum Gasteiger partial charge on any atom is 0.248 e. The maximum atomic E-state index is 10.6. The Morgan fingerprint density at radius 1 is 0.611 bits per heavy atom. The van der Waals surface area contributed by atoms with E-state index >= 15 is 0 Å². The van der Waals surface area contributed by atoms with Gasteiger partial charge in [0, 0.05) is 11.1 Å². The van der Waals surface area contributed by atoms with Gasteiger partial charge >= 0.3 is 0 Å². The smallest absolute Gasteiger partial charge is 0.248 e. The molecule has 0 atom stereocenters. The summed E-state index contributed by atoms with van der Waals surface area (Å²) in [6.45, 7) is 0. The molecule has 0 fully saturated rings. The van der Waals surface area contributed by atoms with Crippen LogP contribution in [0.2, 0.25) is 0 Å². The standard InChI is InChI=1S/C8H8N2O2.C6H6/c9-7(11)5-1-2-6(4-3-5)8(10)12;1-2-4-6-5-3-1/h1-4H,(H2,9,11)(H2,10,12);1-6H. The molecule has 92 valence electrons. The van der Waals surface area contributed by atoms with Gasteiger partial charge in [-0.1, -0.05) is 36.4 Å². The molecule has 2 amide bonds. The van der Waals surface area contributed by atoms with Crippen LogP contribution in [0.4, 0.5) is 0 Å². The molecule has 0 saturated heterocycles. The molecule has 0 saturated carbocycles. The van der Waals surface area contributed by atoms with Crippen LogP contribution >= 0.6 is 0 Å². The van der Waals surface area contributed by atoms with E-state index in [9.17, 15) is 9.59 Å². The molecule has 4 nitrogen and oxygen atoms in total. The summed E-state index contributed by atoms with van der Waals surface area (Å²) in [4.78, 5) is 21.2. The average Bonchev–Trinajstić information content (AvgIpc) is 2.41. The van der Waals surface area contributed by atoms with Crippen molar-refractivity contribution in [3.8, 4) is 0 Å². The van der Waals surface area contributed by atoms with Gasteiger partial charge in [-0.2, -0.15) is 0 Å². The topological polar surface area (TPSA) is 86.2 Å². The molecule has 18 heavy (non-hydrogen) atoms. The van der Waals surface area contributed by atoms with Crippen LogP contribution in [-0.4, -0.2) is 11.8 Å². The summed E-state index contributed by atoms with van der Waals surface area (Å²) in [5.74, 6) is -1.04. The minimum Gasteiger partial charge on any atom is -0.366 e. The first-order valence-electron chi connectivity index (χ1n) is 5.31. The third-order valence-corrected chi connectivity index (χ3v) is 2.12. The fraction of sp³-hybridized carbons (Fsp3) is 0. The normalized spacial score (nSPS) is 8.89. The number of hydrogen-bond acceptors (Lipinski definition) is 2. The van der Waals surface area contributed by atoms with Gasteiger partial charge < -0.3 is 11.5 Å². The summed E-state index contributed by atoms with van der Waals surface area (Å²) in [5.41, 5.74) is 10.7. The van der Waals surface area contributed by atoms with E-state index in [4.69, 9.17) is 11.5 Å². The lowest BCUT2D eigenvalue weighted by Gasteiger charge is -1.96. The quantitative estimate of drug-likeness (QED) is 0.837. The molecule has 0 bridgehead atoms. The average molecular weight is 242 g/mol. The molecule has 0 heterocycles. The van der Waals surface area contributed by atoms with E-state index in [1.165, 1.54) is 24.3 Å². The summed E-state index contributed by atoms with van der Waals surface area (Å²) >= 11 is 0. The lowest BCUT2D eigenvalue weighted by molar-refractivity contribution is 0.0988. The SMILES string of the molecule is NC(=O)c1ccc(C(N)=O)cc1.c1ccccc1. The third kappa shape index (κ3) is 4.49. The van der Waals surface area contributed by atoms with Crippen molar-refractivity contribution in [1.29, 1.82) is 0 Å². The van der Waals surface area contributed by atoms with Gasteiger partial charge in [0.05, 0.1) is 0 Å². The Hall–Kier alpha value is -2.62. The molecule has 4 N–H and O–H groups in total. The summed E-state index contributed by atoms with van der Waals surface area (Å²) in [6.07, 6.45) is 0.